The van der Waals surface area contributed by atoms with Gasteiger partial charge in [-0.05, 0) is 43.5 Å². The van der Waals surface area contributed by atoms with Crippen molar-refractivity contribution in [2.75, 3.05) is 0 Å². The summed E-state index contributed by atoms with van der Waals surface area (Å²) >= 11 is 3.44. The van der Waals surface area contributed by atoms with Gasteiger partial charge < -0.3 is 4.74 Å². The summed E-state index contributed by atoms with van der Waals surface area (Å²) < 4.78 is 6.79. The van der Waals surface area contributed by atoms with Gasteiger partial charge in [0.15, 0.2) is 0 Å². The molecule has 0 fully saturated rings. The molecular formula is C15H17BrN2O. The molecule has 0 unspecified atom stereocenters. The monoisotopic (exact) mass is 320 g/mol. The maximum atomic E-state index is 5.81. The minimum absolute atomic E-state index is 0.354. The first-order valence-corrected chi connectivity index (χ1v) is 7.04. The molecule has 0 N–H and O–H groups in total. The summed E-state index contributed by atoms with van der Waals surface area (Å²) in [5.41, 5.74) is 2.97. The highest BCUT2D eigenvalue weighted by atomic mass is 79.9. The molecule has 0 amide bonds. The van der Waals surface area contributed by atoms with Gasteiger partial charge in [0.1, 0.15) is 5.75 Å². The van der Waals surface area contributed by atoms with Crippen LogP contribution >= 0.6 is 15.9 Å². The number of ether oxygens (including phenoxy) is 1. The zero-order valence-electron chi connectivity index (χ0n) is 11.6. The molecule has 1 heterocycles. The second-order valence-corrected chi connectivity index (χ2v) is 5.80. The molecule has 0 saturated carbocycles. The third-order valence-electron chi connectivity index (χ3n) is 2.80. The SMILES string of the molecule is Cc1cc(C(C)C)nc(Oc2cc(Br)ccc2C)n1. The summed E-state index contributed by atoms with van der Waals surface area (Å²) in [6.45, 7) is 8.17. The molecule has 1 aromatic heterocycles. The van der Waals surface area contributed by atoms with Crippen LogP contribution in [0.1, 0.15) is 36.7 Å². The van der Waals surface area contributed by atoms with Crippen molar-refractivity contribution in [3.05, 3.63) is 45.7 Å². The smallest absolute Gasteiger partial charge is 0.322 e. The van der Waals surface area contributed by atoms with Gasteiger partial charge in [0.2, 0.25) is 0 Å². The van der Waals surface area contributed by atoms with E-state index < -0.39 is 0 Å². The van der Waals surface area contributed by atoms with Crippen LogP contribution in [0.2, 0.25) is 0 Å². The second kappa shape index (κ2) is 5.70. The molecule has 2 aromatic rings. The van der Waals surface area contributed by atoms with E-state index in [1.807, 2.05) is 38.1 Å². The van der Waals surface area contributed by atoms with Crippen LogP contribution in [0.5, 0.6) is 11.8 Å². The maximum absolute atomic E-state index is 5.81. The van der Waals surface area contributed by atoms with Crippen molar-refractivity contribution in [3.8, 4) is 11.8 Å². The molecule has 0 bridgehead atoms. The van der Waals surface area contributed by atoms with Gasteiger partial charge in [-0.15, -0.1) is 0 Å². The Morgan fingerprint density at radius 3 is 2.53 bits per heavy atom. The van der Waals surface area contributed by atoms with Crippen molar-refractivity contribution in [2.24, 2.45) is 0 Å². The summed E-state index contributed by atoms with van der Waals surface area (Å²) in [6.07, 6.45) is 0. The predicted octanol–water partition coefficient (Wildman–Crippen LogP) is 4.77. The van der Waals surface area contributed by atoms with Crippen LogP contribution in [0.3, 0.4) is 0 Å². The molecule has 0 aliphatic rings. The molecule has 0 spiro atoms. The van der Waals surface area contributed by atoms with E-state index >= 15 is 0 Å². The third kappa shape index (κ3) is 3.53. The van der Waals surface area contributed by atoms with Crippen LogP contribution in [0.4, 0.5) is 0 Å². The Labute approximate surface area is 122 Å². The Bertz CT molecular complexity index is 597. The Balaban J connectivity index is 2.35. The van der Waals surface area contributed by atoms with Gasteiger partial charge in [-0.1, -0.05) is 35.8 Å². The van der Waals surface area contributed by atoms with E-state index in [1.54, 1.807) is 0 Å². The Kier molecular flexibility index (Phi) is 4.20. The van der Waals surface area contributed by atoms with Crippen LogP contribution in [0.15, 0.2) is 28.7 Å². The Morgan fingerprint density at radius 1 is 1.11 bits per heavy atom. The number of hydrogen-bond acceptors (Lipinski definition) is 3. The van der Waals surface area contributed by atoms with Crippen molar-refractivity contribution < 1.29 is 4.74 Å². The van der Waals surface area contributed by atoms with E-state index in [-0.39, 0.29) is 0 Å². The maximum Gasteiger partial charge on any atom is 0.322 e. The molecule has 100 valence electrons. The topological polar surface area (TPSA) is 35.0 Å². The normalized spacial score (nSPS) is 10.8. The fourth-order valence-corrected chi connectivity index (χ4v) is 2.03. The first kappa shape index (κ1) is 14.0. The van der Waals surface area contributed by atoms with Crippen LogP contribution < -0.4 is 4.74 Å². The lowest BCUT2D eigenvalue weighted by molar-refractivity contribution is 0.433. The molecule has 0 aliphatic heterocycles. The zero-order valence-corrected chi connectivity index (χ0v) is 13.2. The molecule has 0 radical (unpaired) electrons. The highest BCUT2D eigenvalue weighted by Gasteiger charge is 2.09. The minimum Gasteiger partial charge on any atom is -0.424 e. The van der Waals surface area contributed by atoms with Crippen LogP contribution in [-0.2, 0) is 0 Å². The Morgan fingerprint density at radius 2 is 1.84 bits per heavy atom. The third-order valence-corrected chi connectivity index (χ3v) is 3.29. The number of aryl methyl sites for hydroxylation is 2. The average molecular weight is 321 g/mol. The summed E-state index contributed by atoms with van der Waals surface area (Å²) in [5.74, 6) is 1.13. The van der Waals surface area contributed by atoms with Crippen molar-refractivity contribution >= 4 is 15.9 Å². The standard InChI is InChI=1S/C15H17BrN2O/c1-9(2)13-7-11(4)17-15(18-13)19-14-8-12(16)6-5-10(14)3/h5-9H,1-4H3. The van der Waals surface area contributed by atoms with Crippen LogP contribution in [0.25, 0.3) is 0 Å². The van der Waals surface area contributed by atoms with E-state index in [0.717, 1.165) is 27.2 Å². The van der Waals surface area contributed by atoms with Gasteiger partial charge in [0.25, 0.3) is 0 Å². The number of aromatic nitrogens is 2. The van der Waals surface area contributed by atoms with Gasteiger partial charge in [-0.3, -0.25) is 0 Å². The Hall–Kier alpha value is -1.42. The number of hydrogen-bond donors (Lipinski definition) is 0. The predicted molar refractivity (Wildman–Crippen MR) is 79.8 cm³/mol. The molecule has 0 saturated heterocycles. The van der Waals surface area contributed by atoms with E-state index in [4.69, 9.17) is 4.74 Å². The van der Waals surface area contributed by atoms with Gasteiger partial charge in [0.05, 0.1) is 5.69 Å². The largest absolute Gasteiger partial charge is 0.424 e. The molecule has 3 nitrogen and oxygen atoms in total. The molecule has 1 aromatic carbocycles. The summed E-state index contributed by atoms with van der Waals surface area (Å²) in [6, 6.07) is 8.31. The number of benzene rings is 1. The molecule has 4 heteroatoms. The molecule has 2 rings (SSSR count). The first-order chi connectivity index (χ1) is 8.95. The molecule has 0 atom stereocenters. The highest BCUT2D eigenvalue weighted by molar-refractivity contribution is 9.10. The molecular weight excluding hydrogens is 304 g/mol. The number of halogens is 1. The van der Waals surface area contributed by atoms with E-state index in [2.05, 4.69) is 39.7 Å². The fourth-order valence-electron chi connectivity index (χ4n) is 1.69. The van der Waals surface area contributed by atoms with Crippen molar-refractivity contribution in [2.45, 2.75) is 33.6 Å². The first-order valence-electron chi connectivity index (χ1n) is 6.25. The van der Waals surface area contributed by atoms with E-state index in [9.17, 15) is 0 Å². The lowest BCUT2D eigenvalue weighted by atomic mass is 10.1. The van der Waals surface area contributed by atoms with E-state index in [0.29, 0.717) is 11.9 Å². The summed E-state index contributed by atoms with van der Waals surface area (Å²) in [4.78, 5) is 8.78. The minimum atomic E-state index is 0.354. The van der Waals surface area contributed by atoms with Crippen molar-refractivity contribution in [1.29, 1.82) is 0 Å². The molecule has 19 heavy (non-hydrogen) atoms. The summed E-state index contributed by atoms with van der Waals surface area (Å²) in [5, 5.41) is 0. The van der Waals surface area contributed by atoms with Gasteiger partial charge in [-0.25, -0.2) is 4.98 Å². The second-order valence-electron chi connectivity index (χ2n) is 4.88. The zero-order chi connectivity index (χ0) is 14.0. The van der Waals surface area contributed by atoms with E-state index in [1.165, 1.54) is 0 Å². The lowest BCUT2D eigenvalue weighted by Gasteiger charge is -2.11. The van der Waals surface area contributed by atoms with Crippen molar-refractivity contribution in [3.63, 3.8) is 0 Å². The van der Waals surface area contributed by atoms with Crippen LogP contribution in [0, 0.1) is 13.8 Å². The lowest BCUT2D eigenvalue weighted by Crippen LogP contribution is -2.00. The van der Waals surface area contributed by atoms with Gasteiger partial charge in [-0.2, -0.15) is 4.98 Å². The highest BCUT2D eigenvalue weighted by Crippen LogP contribution is 2.27. The van der Waals surface area contributed by atoms with Gasteiger partial charge in [0, 0.05) is 10.2 Å². The van der Waals surface area contributed by atoms with Crippen LogP contribution in [-0.4, -0.2) is 9.97 Å². The average Bonchev–Trinajstić information content (AvgIpc) is 2.33. The van der Waals surface area contributed by atoms with Crippen molar-refractivity contribution in [1.82, 2.24) is 9.97 Å². The fraction of sp³-hybridized carbons (Fsp3) is 0.333. The quantitative estimate of drug-likeness (QED) is 0.816. The molecule has 0 aliphatic carbocycles. The number of nitrogens with zero attached hydrogens (tertiary/aromatic N) is 2. The van der Waals surface area contributed by atoms with Gasteiger partial charge >= 0.3 is 6.01 Å². The number of rotatable bonds is 3. The summed E-state index contributed by atoms with van der Waals surface area (Å²) in [7, 11) is 0.